The second-order valence-electron chi connectivity index (χ2n) is 6.69. The third-order valence-corrected chi connectivity index (χ3v) is 4.85. The molecule has 1 saturated heterocycles. The van der Waals surface area contributed by atoms with Gasteiger partial charge in [-0.3, -0.25) is 0 Å². The average molecular weight is 336 g/mol. The van der Waals surface area contributed by atoms with Gasteiger partial charge in [0.1, 0.15) is 6.10 Å². The van der Waals surface area contributed by atoms with Crippen LogP contribution in [0.15, 0.2) is 12.5 Å². The van der Waals surface area contributed by atoms with Crippen LogP contribution in [0.25, 0.3) is 0 Å². The zero-order valence-corrected chi connectivity index (χ0v) is 14.4. The van der Waals surface area contributed by atoms with Crippen LogP contribution >= 0.6 is 0 Å². The molecule has 2 fully saturated rings. The van der Waals surface area contributed by atoms with Crippen molar-refractivity contribution in [3.05, 3.63) is 18.2 Å². The van der Waals surface area contributed by atoms with Crippen LogP contribution in [0.2, 0.25) is 0 Å². The lowest BCUT2D eigenvalue weighted by Crippen LogP contribution is -2.46. The third-order valence-electron chi connectivity index (χ3n) is 4.85. The summed E-state index contributed by atoms with van der Waals surface area (Å²) in [6.07, 6.45) is 10.4. The van der Waals surface area contributed by atoms with E-state index in [1.54, 1.807) is 6.33 Å². The van der Waals surface area contributed by atoms with Gasteiger partial charge < -0.3 is 24.7 Å². The molecule has 7 nitrogen and oxygen atoms in total. The zero-order chi connectivity index (χ0) is 16.8. The maximum Gasteiger partial charge on any atom is 0.315 e. The van der Waals surface area contributed by atoms with Crippen molar-refractivity contribution in [3.8, 4) is 0 Å². The smallest absolute Gasteiger partial charge is 0.315 e. The molecule has 2 amide bonds. The minimum atomic E-state index is -0.124. The van der Waals surface area contributed by atoms with Crippen LogP contribution in [0, 0.1) is 0 Å². The maximum atomic E-state index is 12.0. The van der Waals surface area contributed by atoms with Crippen LogP contribution < -0.4 is 10.6 Å². The summed E-state index contributed by atoms with van der Waals surface area (Å²) in [5.74, 6) is 0. The predicted molar refractivity (Wildman–Crippen MR) is 89.7 cm³/mol. The zero-order valence-electron chi connectivity index (χ0n) is 14.4. The molecule has 3 rings (SSSR count). The van der Waals surface area contributed by atoms with Gasteiger partial charge in [-0.25, -0.2) is 9.78 Å². The minimum Gasteiger partial charge on any atom is -0.376 e. The van der Waals surface area contributed by atoms with Gasteiger partial charge in [-0.1, -0.05) is 12.8 Å². The van der Waals surface area contributed by atoms with Gasteiger partial charge in [0.15, 0.2) is 0 Å². The highest BCUT2D eigenvalue weighted by molar-refractivity contribution is 5.74. The van der Waals surface area contributed by atoms with Crippen molar-refractivity contribution >= 4 is 6.03 Å². The highest BCUT2D eigenvalue weighted by Crippen LogP contribution is 2.27. The molecule has 134 valence electrons. The Morgan fingerprint density at radius 1 is 1.42 bits per heavy atom. The summed E-state index contributed by atoms with van der Waals surface area (Å²) in [5, 5.41) is 5.92. The van der Waals surface area contributed by atoms with E-state index in [0.29, 0.717) is 25.9 Å². The van der Waals surface area contributed by atoms with Crippen LogP contribution in [0.3, 0.4) is 0 Å². The van der Waals surface area contributed by atoms with Crippen LogP contribution in [-0.2, 0) is 16.5 Å². The number of ether oxygens (including phenoxy) is 2. The van der Waals surface area contributed by atoms with Gasteiger partial charge in [-0.15, -0.1) is 0 Å². The lowest BCUT2D eigenvalue weighted by atomic mass is 10.0. The molecule has 2 aliphatic rings. The molecular formula is C17H28N4O3. The number of aromatic nitrogens is 2. The number of hydrogen-bond donors (Lipinski definition) is 2. The molecule has 7 heteroatoms. The first-order chi connectivity index (χ1) is 11.7. The number of hydrogen-bond acceptors (Lipinski definition) is 4. The van der Waals surface area contributed by atoms with Crippen LogP contribution in [0.4, 0.5) is 4.79 Å². The van der Waals surface area contributed by atoms with Crippen molar-refractivity contribution in [1.29, 1.82) is 0 Å². The lowest BCUT2D eigenvalue weighted by Gasteiger charge is -2.30. The highest BCUT2D eigenvalue weighted by atomic mass is 16.5. The van der Waals surface area contributed by atoms with Gasteiger partial charge in [0, 0.05) is 26.2 Å². The number of rotatable bonds is 6. The van der Waals surface area contributed by atoms with E-state index in [4.69, 9.17) is 9.47 Å². The Morgan fingerprint density at radius 3 is 3.00 bits per heavy atom. The first-order valence-electron chi connectivity index (χ1n) is 8.96. The van der Waals surface area contributed by atoms with E-state index >= 15 is 0 Å². The number of urea groups is 1. The lowest BCUT2D eigenvalue weighted by molar-refractivity contribution is -0.00186. The largest absolute Gasteiger partial charge is 0.376 e. The van der Waals surface area contributed by atoms with Gasteiger partial charge in [0.05, 0.1) is 30.9 Å². The predicted octanol–water partition coefficient (Wildman–Crippen LogP) is 1.90. The Kier molecular flexibility index (Phi) is 6.09. The molecule has 0 unspecified atom stereocenters. The van der Waals surface area contributed by atoms with Crippen molar-refractivity contribution in [2.75, 3.05) is 19.8 Å². The number of imidazole rings is 1. The molecule has 1 aromatic heterocycles. The van der Waals surface area contributed by atoms with Crippen LogP contribution in [0.1, 0.15) is 50.3 Å². The van der Waals surface area contributed by atoms with Crippen LogP contribution in [-0.4, -0.2) is 47.5 Å². The number of nitrogens with one attached hydrogen (secondary N) is 2. The van der Waals surface area contributed by atoms with Crippen molar-refractivity contribution in [1.82, 2.24) is 20.2 Å². The Labute approximate surface area is 143 Å². The number of amides is 2. The van der Waals surface area contributed by atoms with Crippen molar-refractivity contribution in [2.24, 2.45) is 7.05 Å². The van der Waals surface area contributed by atoms with E-state index < -0.39 is 0 Å². The monoisotopic (exact) mass is 336 g/mol. The van der Waals surface area contributed by atoms with E-state index in [2.05, 4.69) is 15.6 Å². The van der Waals surface area contributed by atoms with Gasteiger partial charge >= 0.3 is 6.03 Å². The number of carbonyl (C=O) groups is 1. The fourth-order valence-electron chi connectivity index (χ4n) is 3.49. The Balaban J connectivity index is 1.35. The Morgan fingerprint density at radius 2 is 2.25 bits per heavy atom. The van der Waals surface area contributed by atoms with Crippen molar-refractivity contribution in [2.45, 2.75) is 56.8 Å². The molecular weight excluding hydrogens is 308 g/mol. The minimum absolute atomic E-state index is 0.0118. The molecule has 1 aliphatic heterocycles. The SMILES string of the molecule is Cn1cncc1[C@H]1C[C@@H](NC(=O)NCCOC2CCCC2)CCO1. The summed E-state index contributed by atoms with van der Waals surface area (Å²) in [4.78, 5) is 16.2. The van der Waals surface area contributed by atoms with E-state index in [1.165, 1.54) is 12.8 Å². The Bertz CT molecular complexity index is 528. The molecule has 0 radical (unpaired) electrons. The molecule has 2 heterocycles. The third kappa shape index (κ3) is 4.70. The summed E-state index contributed by atoms with van der Waals surface area (Å²) in [6, 6.07) is -0.00456. The van der Waals surface area contributed by atoms with Crippen molar-refractivity contribution in [3.63, 3.8) is 0 Å². The standard InChI is InChI=1S/C17H28N4O3/c1-21-12-18-11-15(21)16-10-13(6-8-24-16)20-17(22)19-7-9-23-14-4-2-3-5-14/h11-14,16H,2-10H2,1H3,(H2,19,20,22)/t13-,16+/m0/s1. The molecule has 1 saturated carbocycles. The first-order valence-corrected chi connectivity index (χ1v) is 8.96. The van der Waals surface area contributed by atoms with Gasteiger partial charge in [0.25, 0.3) is 0 Å². The molecule has 2 atom stereocenters. The van der Waals surface area contributed by atoms with Gasteiger partial charge in [0.2, 0.25) is 0 Å². The van der Waals surface area contributed by atoms with E-state index in [1.807, 2.05) is 17.8 Å². The topological polar surface area (TPSA) is 77.4 Å². The number of nitrogens with zero attached hydrogens (tertiary/aromatic N) is 2. The fourth-order valence-corrected chi connectivity index (χ4v) is 3.49. The average Bonchev–Trinajstić information content (AvgIpc) is 3.23. The van der Waals surface area contributed by atoms with Gasteiger partial charge in [-0.2, -0.15) is 0 Å². The van der Waals surface area contributed by atoms with E-state index in [-0.39, 0.29) is 18.2 Å². The Hall–Kier alpha value is -1.60. The maximum absolute atomic E-state index is 12.0. The van der Waals surface area contributed by atoms with Gasteiger partial charge in [-0.05, 0) is 25.7 Å². The first kappa shape index (κ1) is 17.2. The summed E-state index contributed by atoms with van der Waals surface area (Å²) in [7, 11) is 1.96. The summed E-state index contributed by atoms with van der Waals surface area (Å²) >= 11 is 0. The fraction of sp³-hybridized carbons (Fsp3) is 0.765. The molecule has 0 aromatic carbocycles. The highest BCUT2D eigenvalue weighted by Gasteiger charge is 2.26. The van der Waals surface area contributed by atoms with Crippen LogP contribution in [0.5, 0.6) is 0 Å². The number of aryl methyl sites for hydroxylation is 1. The molecule has 2 N–H and O–H groups in total. The van der Waals surface area contributed by atoms with Crippen molar-refractivity contribution < 1.29 is 14.3 Å². The normalized spacial score (nSPS) is 24.9. The summed E-state index contributed by atoms with van der Waals surface area (Å²) < 4.78 is 13.5. The molecule has 24 heavy (non-hydrogen) atoms. The molecule has 1 aromatic rings. The second-order valence-corrected chi connectivity index (χ2v) is 6.69. The summed E-state index contributed by atoms with van der Waals surface area (Å²) in [6.45, 7) is 1.78. The summed E-state index contributed by atoms with van der Waals surface area (Å²) in [5.41, 5.74) is 1.05. The van der Waals surface area contributed by atoms with E-state index in [0.717, 1.165) is 31.4 Å². The second kappa shape index (κ2) is 8.48. The molecule has 1 aliphatic carbocycles. The van der Waals surface area contributed by atoms with E-state index in [9.17, 15) is 4.79 Å². The molecule has 0 bridgehead atoms. The quantitative estimate of drug-likeness (QED) is 0.778. The molecule has 0 spiro atoms. The number of carbonyl (C=O) groups excluding carboxylic acids is 1.